The Morgan fingerprint density at radius 3 is 1.15 bits per heavy atom. The summed E-state index contributed by atoms with van der Waals surface area (Å²) < 4.78 is 15.3. The summed E-state index contributed by atoms with van der Waals surface area (Å²) in [5, 5.41) is 18.7. The maximum absolute atomic E-state index is 13.1. The smallest absolute Gasteiger partial charge is 0.346 e. The van der Waals surface area contributed by atoms with E-state index in [2.05, 4.69) is 0 Å². The summed E-state index contributed by atoms with van der Waals surface area (Å²) >= 11 is 0. The van der Waals surface area contributed by atoms with Crippen molar-refractivity contribution in [2.75, 3.05) is 0 Å². The Morgan fingerprint density at radius 2 is 0.805 bits per heavy atom. The van der Waals surface area contributed by atoms with E-state index < -0.39 is 69.2 Å². The van der Waals surface area contributed by atoms with Crippen LogP contribution in [-0.2, 0) is 4.74 Å². The van der Waals surface area contributed by atoms with E-state index in [0.29, 0.717) is 0 Å². The second-order valence-electron chi connectivity index (χ2n) is 8.21. The predicted octanol–water partition coefficient (Wildman–Crippen LogP) is 4.52. The summed E-state index contributed by atoms with van der Waals surface area (Å²) in [6.45, 7) is 0. The van der Waals surface area contributed by atoms with Crippen LogP contribution in [0.5, 0.6) is 11.5 Å². The molecular weight excluding hydrogens is 536 g/mol. The first-order chi connectivity index (χ1) is 19.6. The number of hydrogen-bond acceptors (Lipinski definition) is 9. The highest BCUT2D eigenvalue weighted by atomic mass is 16.6. The average molecular weight is 554 g/mol. The van der Waals surface area contributed by atoms with Gasteiger partial charge >= 0.3 is 35.8 Å². The van der Waals surface area contributed by atoms with Gasteiger partial charge in [-0.25, -0.2) is 28.8 Å². The summed E-state index contributed by atoms with van der Waals surface area (Å²) in [7, 11) is 0. The number of para-hydroxylation sites is 2. The van der Waals surface area contributed by atoms with Crippen molar-refractivity contribution in [2.45, 2.75) is 0 Å². The van der Waals surface area contributed by atoms with Crippen LogP contribution in [0.1, 0.15) is 62.1 Å². The lowest BCUT2D eigenvalue weighted by atomic mass is 10.0. The first kappa shape index (κ1) is 27.9. The van der Waals surface area contributed by atoms with Crippen LogP contribution in [0, 0.1) is 0 Å². The molecule has 204 valence electrons. The van der Waals surface area contributed by atoms with Crippen molar-refractivity contribution < 1.29 is 53.2 Å². The fraction of sp³-hybridized carbons (Fsp3) is 0. The first-order valence-corrected chi connectivity index (χ1v) is 11.7. The van der Waals surface area contributed by atoms with Crippen molar-refractivity contribution in [3.63, 3.8) is 0 Å². The number of carbonyl (C=O) groups excluding carboxylic acids is 4. The third-order valence-electron chi connectivity index (χ3n) is 5.51. The monoisotopic (exact) mass is 554 g/mol. The number of benzene rings is 4. The van der Waals surface area contributed by atoms with E-state index in [4.69, 9.17) is 14.2 Å². The standard InChI is InChI=1S/C30H18O11/c31-25(32)17-11-13-21(27(35)39-19-7-3-1-4-8-19)23(15-17)29(37)41-30(38)24-16-18(26(33)34)12-14-22(24)28(36)40-20-9-5-2-6-10-20/h1-16H,(H,31,32)(H,33,34). The lowest BCUT2D eigenvalue weighted by Gasteiger charge is -2.12. The maximum atomic E-state index is 13.1. The molecule has 0 atom stereocenters. The van der Waals surface area contributed by atoms with E-state index in [9.17, 15) is 39.0 Å². The van der Waals surface area contributed by atoms with Crippen molar-refractivity contribution >= 4 is 35.8 Å². The molecule has 0 unspecified atom stereocenters. The molecule has 11 heteroatoms. The van der Waals surface area contributed by atoms with Crippen LogP contribution in [0.4, 0.5) is 0 Å². The quantitative estimate of drug-likeness (QED) is 0.178. The minimum atomic E-state index is -1.46. The van der Waals surface area contributed by atoms with E-state index in [1.807, 2.05) is 0 Å². The zero-order valence-electron chi connectivity index (χ0n) is 20.8. The summed E-state index contributed by atoms with van der Waals surface area (Å²) in [4.78, 5) is 74.9. The molecule has 0 spiro atoms. The van der Waals surface area contributed by atoms with Crippen LogP contribution >= 0.6 is 0 Å². The molecule has 0 fully saturated rings. The average Bonchev–Trinajstić information content (AvgIpc) is 2.97. The summed E-state index contributed by atoms with van der Waals surface area (Å²) in [5.41, 5.74) is -2.88. The fourth-order valence-corrected chi connectivity index (χ4v) is 3.54. The zero-order chi connectivity index (χ0) is 29.5. The van der Waals surface area contributed by atoms with Crippen LogP contribution in [0.3, 0.4) is 0 Å². The number of ether oxygens (including phenoxy) is 3. The SMILES string of the molecule is O=C(O)c1ccc(C(=O)Oc2ccccc2)c(C(=O)OC(=O)c2cc(C(=O)O)ccc2C(=O)Oc2ccccc2)c1. The van der Waals surface area contributed by atoms with Crippen molar-refractivity contribution in [1.29, 1.82) is 0 Å². The highest BCUT2D eigenvalue weighted by molar-refractivity contribution is 6.12. The fourth-order valence-electron chi connectivity index (χ4n) is 3.54. The Hall–Kier alpha value is -6.10. The van der Waals surface area contributed by atoms with E-state index in [1.54, 1.807) is 36.4 Å². The highest BCUT2D eigenvalue weighted by Crippen LogP contribution is 2.21. The molecule has 0 saturated carbocycles. The van der Waals surface area contributed by atoms with Gasteiger partial charge in [-0.1, -0.05) is 36.4 Å². The molecule has 0 aliphatic carbocycles. The number of aromatic carboxylic acids is 2. The van der Waals surface area contributed by atoms with Crippen molar-refractivity contribution in [2.24, 2.45) is 0 Å². The second kappa shape index (κ2) is 12.2. The number of rotatable bonds is 8. The molecule has 0 heterocycles. The molecule has 0 aliphatic rings. The second-order valence-corrected chi connectivity index (χ2v) is 8.21. The van der Waals surface area contributed by atoms with Crippen LogP contribution in [0.25, 0.3) is 0 Å². The molecule has 0 saturated heterocycles. The van der Waals surface area contributed by atoms with Crippen LogP contribution in [0.2, 0.25) is 0 Å². The Bertz CT molecular complexity index is 1550. The topological polar surface area (TPSA) is 171 Å². The Morgan fingerprint density at radius 1 is 0.439 bits per heavy atom. The van der Waals surface area contributed by atoms with E-state index in [1.165, 1.54) is 24.3 Å². The molecule has 0 radical (unpaired) electrons. The van der Waals surface area contributed by atoms with Crippen molar-refractivity contribution in [3.05, 3.63) is 130 Å². The molecule has 2 N–H and O–H groups in total. The number of esters is 4. The number of hydrogen-bond donors (Lipinski definition) is 2. The third kappa shape index (κ3) is 6.67. The maximum Gasteiger partial charge on any atom is 0.346 e. The summed E-state index contributed by atoms with van der Waals surface area (Å²) in [6.07, 6.45) is 0. The Labute approximate surface area is 231 Å². The van der Waals surface area contributed by atoms with Gasteiger partial charge in [-0.15, -0.1) is 0 Å². The van der Waals surface area contributed by atoms with Crippen molar-refractivity contribution in [1.82, 2.24) is 0 Å². The first-order valence-electron chi connectivity index (χ1n) is 11.7. The van der Waals surface area contributed by atoms with Gasteiger partial charge in [0.2, 0.25) is 0 Å². The van der Waals surface area contributed by atoms with Gasteiger partial charge in [0.1, 0.15) is 11.5 Å². The molecule has 0 bridgehead atoms. The molecule has 41 heavy (non-hydrogen) atoms. The number of carbonyl (C=O) groups is 6. The van der Waals surface area contributed by atoms with Gasteiger partial charge in [0.15, 0.2) is 0 Å². The van der Waals surface area contributed by atoms with E-state index in [-0.39, 0.29) is 11.5 Å². The van der Waals surface area contributed by atoms with Crippen LogP contribution in [0.15, 0.2) is 97.1 Å². The lowest BCUT2D eigenvalue weighted by molar-refractivity contribution is 0.0388. The van der Waals surface area contributed by atoms with Gasteiger partial charge in [0, 0.05) is 0 Å². The summed E-state index contributed by atoms with van der Waals surface area (Å²) in [5.74, 6) is -7.63. The molecule has 0 aromatic heterocycles. The molecule has 4 rings (SSSR count). The highest BCUT2D eigenvalue weighted by Gasteiger charge is 2.28. The zero-order valence-corrected chi connectivity index (χ0v) is 20.8. The van der Waals surface area contributed by atoms with Gasteiger partial charge in [-0.05, 0) is 60.7 Å². The minimum absolute atomic E-state index is 0.127. The van der Waals surface area contributed by atoms with Gasteiger partial charge in [0.25, 0.3) is 0 Å². The number of carboxylic acids is 2. The van der Waals surface area contributed by atoms with Gasteiger partial charge < -0.3 is 24.4 Å². The minimum Gasteiger partial charge on any atom is -0.478 e. The van der Waals surface area contributed by atoms with E-state index >= 15 is 0 Å². The molecule has 4 aromatic carbocycles. The Kier molecular flexibility index (Phi) is 8.29. The van der Waals surface area contributed by atoms with Crippen molar-refractivity contribution in [3.8, 4) is 11.5 Å². The van der Waals surface area contributed by atoms with E-state index in [0.717, 1.165) is 36.4 Å². The van der Waals surface area contributed by atoms with Gasteiger partial charge in [-0.2, -0.15) is 0 Å². The van der Waals surface area contributed by atoms with Crippen LogP contribution in [-0.4, -0.2) is 46.0 Å². The predicted molar refractivity (Wildman–Crippen MR) is 139 cm³/mol. The normalized spacial score (nSPS) is 10.2. The Balaban J connectivity index is 1.67. The largest absolute Gasteiger partial charge is 0.478 e. The molecule has 0 aliphatic heterocycles. The van der Waals surface area contributed by atoms with Gasteiger partial charge in [-0.3, -0.25) is 0 Å². The molecule has 4 aromatic rings. The lowest BCUT2D eigenvalue weighted by Crippen LogP contribution is -2.22. The molecule has 0 amide bonds. The number of carboxylic acid groups (broad SMARTS) is 2. The molecular formula is C30H18O11. The van der Waals surface area contributed by atoms with Crippen LogP contribution < -0.4 is 9.47 Å². The molecule has 11 nitrogen and oxygen atoms in total. The third-order valence-corrected chi connectivity index (χ3v) is 5.51. The van der Waals surface area contributed by atoms with Gasteiger partial charge in [0.05, 0.1) is 33.4 Å². The summed E-state index contributed by atoms with van der Waals surface area (Å²) in [6, 6.07) is 21.4.